The second kappa shape index (κ2) is 12.1. The SMILES string of the molecule is O=C(CN(C(=O)Nc1c(Cl)cccc1Cl)C1CC1)N(CCc1c[nH]c2ccccc12)Cc1ccc(Cl)c(Cl)c1. The van der Waals surface area contributed by atoms with Crippen LogP contribution in [0.15, 0.2) is 66.9 Å². The normalized spacial score (nSPS) is 12.9. The standard InChI is InChI=1S/C29H26Cl4N4O2/c30-22-11-8-18(14-25(22)33)16-36(13-12-19-15-34-26-7-2-1-4-21(19)26)27(38)17-37(20-9-10-20)29(39)35-28-23(31)5-3-6-24(28)32/h1-8,11,14-15,20,34H,9-10,12-13,16-17H2,(H,35,39). The highest BCUT2D eigenvalue weighted by molar-refractivity contribution is 6.42. The van der Waals surface area contributed by atoms with Crippen LogP contribution in [0.1, 0.15) is 24.0 Å². The van der Waals surface area contributed by atoms with Crippen LogP contribution >= 0.6 is 46.4 Å². The first-order valence-electron chi connectivity index (χ1n) is 12.6. The third-order valence-corrected chi connectivity index (χ3v) is 8.15. The molecule has 1 heterocycles. The number of aromatic amines is 1. The number of hydrogen-bond acceptors (Lipinski definition) is 2. The first kappa shape index (κ1) is 27.7. The molecule has 39 heavy (non-hydrogen) atoms. The van der Waals surface area contributed by atoms with Gasteiger partial charge in [0.1, 0.15) is 6.54 Å². The van der Waals surface area contributed by atoms with Crippen LogP contribution in [0.5, 0.6) is 0 Å². The van der Waals surface area contributed by atoms with E-state index in [4.69, 9.17) is 46.4 Å². The van der Waals surface area contributed by atoms with Crippen molar-refractivity contribution in [3.05, 3.63) is 98.1 Å². The number of rotatable bonds is 9. The molecular formula is C29H26Cl4N4O2. The van der Waals surface area contributed by atoms with Gasteiger partial charge in [0.2, 0.25) is 5.91 Å². The molecule has 202 valence electrons. The summed E-state index contributed by atoms with van der Waals surface area (Å²) in [5, 5.41) is 5.46. The van der Waals surface area contributed by atoms with E-state index in [0.29, 0.717) is 45.3 Å². The number of aromatic nitrogens is 1. The number of hydrogen-bond donors (Lipinski definition) is 2. The molecule has 0 radical (unpaired) electrons. The van der Waals surface area contributed by atoms with Crippen LogP contribution in [0, 0.1) is 0 Å². The fourth-order valence-electron chi connectivity index (χ4n) is 4.54. The van der Waals surface area contributed by atoms with Gasteiger partial charge in [-0.25, -0.2) is 4.79 Å². The van der Waals surface area contributed by atoms with Crippen molar-refractivity contribution in [2.24, 2.45) is 0 Å². The largest absolute Gasteiger partial charge is 0.361 e. The summed E-state index contributed by atoms with van der Waals surface area (Å²) in [7, 11) is 0. The zero-order chi connectivity index (χ0) is 27.5. The van der Waals surface area contributed by atoms with E-state index in [2.05, 4.69) is 16.4 Å². The van der Waals surface area contributed by atoms with Gasteiger partial charge < -0.3 is 20.1 Å². The van der Waals surface area contributed by atoms with E-state index < -0.39 is 6.03 Å². The second-order valence-electron chi connectivity index (χ2n) is 9.56. The van der Waals surface area contributed by atoms with Crippen LogP contribution < -0.4 is 5.32 Å². The van der Waals surface area contributed by atoms with Crippen molar-refractivity contribution in [2.45, 2.75) is 31.8 Å². The molecule has 0 atom stereocenters. The maximum Gasteiger partial charge on any atom is 0.322 e. The molecule has 0 unspecified atom stereocenters. The van der Waals surface area contributed by atoms with Gasteiger partial charge in [-0.15, -0.1) is 0 Å². The van der Waals surface area contributed by atoms with Gasteiger partial charge in [0.05, 0.1) is 25.8 Å². The lowest BCUT2D eigenvalue weighted by atomic mass is 10.1. The van der Waals surface area contributed by atoms with Crippen molar-refractivity contribution in [1.29, 1.82) is 0 Å². The molecule has 0 aliphatic heterocycles. The van der Waals surface area contributed by atoms with Gasteiger partial charge in [-0.1, -0.05) is 76.7 Å². The molecule has 0 bridgehead atoms. The van der Waals surface area contributed by atoms with E-state index in [1.54, 1.807) is 40.1 Å². The highest BCUT2D eigenvalue weighted by Crippen LogP contribution is 2.32. The quantitative estimate of drug-likeness (QED) is 0.203. The van der Waals surface area contributed by atoms with E-state index in [9.17, 15) is 9.59 Å². The average Bonchev–Trinajstić information content (AvgIpc) is 3.68. The van der Waals surface area contributed by atoms with Crippen LogP contribution in [0.3, 0.4) is 0 Å². The molecule has 0 saturated heterocycles. The summed E-state index contributed by atoms with van der Waals surface area (Å²) in [6.45, 7) is 0.708. The van der Waals surface area contributed by atoms with Gasteiger partial charge in [0, 0.05) is 36.2 Å². The number of halogens is 4. The molecule has 6 nitrogen and oxygen atoms in total. The van der Waals surface area contributed by atoms with Crippen molar-refractivity contribution >= 4 is 74.9 Å². The Labute approximate surface area is 246 Å². The predicted molar refractivity (Wildman–Crippen MR) is 159 cm³/mol. The maximum absolute atomic E-state index is 13.7. The van der Waals surface area contributed by atoms with Gasteiger partial charge >= 0.3 is 6.03 Å². The number of nitrogens with zero attached hydrogens (tertiary/aromatic N) is 2. The summed E-state index contributed by atoms with van der Waals surface area (Å²) >= 11 is 24.9. The Morgan fingerprint density at radius 1 is 0.897 bits per heavy atom. The average molecular weight is 604 g/mol. The lowest BCUT2D eigenvalue weighted by Gasteiger charge is -2.28. The molecule has 10 heteroatoms. The number of carbonyl (C=O) groups is 2. The molecule has 5 rings (SSSR count). The van der Waals surface area contributed by atoms with E-state index in [0.717, 1.165) is 34.9 Å². The zero-order valence-electron chi connectivity index (χ0n) is 20.9. The van der Waals surface area contributed by atoms with Crippen LogP contribution in [0.25, 0.3) is 10.9 Å². The summed E-state index contributed by atoms with van der Waals surface area (Å²) in [4.78, 5) is 33.6. The Morgan fingerprint density at radius 2 is 1.64 bits per heavy atom. The second-order valence-corrected chi connectivity index (χ2v) is 11.2. The summed E-state index contributed by atoms with van der Waals surface area (Å²) in [5.74, 6) is -0.173. The number of benzene rings is 3. The highest BCUT2D eigenvalue weighted by Gasteiger charge is 2.35. The summed E-state index contributed by atoms with van der Waals surface area (Å²) in [5.41, 5.74) is 3.34. The third kappa shape index (κ3) is 6.64. The van der Waals surface area contributed by atoms with Crippen molar-refractivity contribution in [2.75, 3.05) is 18.4 Å². The van der Waals surface area contributed by atoms with Crippen LogP contribution in [0.2, 0.25) is 20.1 Å². The van der Waals surface area contributed by atoms with Gasteiger partial charge in [0.15, 0.2) is 0 Å². The van der Waals surface area contributed by atoms with E-state index in [1.165, 1.54) is 0 Å². The fourth-order valence-corrected chi connectivity index (χ4v) is 5.35. The van der Waals surface area contributed by atoms with Gasteiger partial charge in [0.25, 0.3) is 0 Å². The Hall–Kier alpha value is -2.90. The molecule has 2 N–H and O–H groups in total. The van der Waals surface area contributed by atoms with Crippen LogP contribution in [-0.2, 0) is 17.8 Å². The number of urea groups is 1. The molecule has 1 aliphatic rings. The number of carbonyl (C=O) groups excluding carboxylic acids is 2. The topological polar surface area (TPSA) is 68.4 Å². The molecule has 0 spiro atoms. The minimum atomic E-state index is -0.410. The Morgan fingerprint density at radius 3 is 2.36 bits per heavy atom. The van der Waals surface area contributed by atoms with Crippen LogP contribution in [0.4, 0.5) is 10.5 Å². The number of nitrogens with one attached hydrogen (secondary N) is 2. The predicted octanol–water partition coefficient (Wildman–Crippen LogP) is 8.05. The first-order chi connectivity index (χ1) is 18.8. The molecule has 1 saturated carbocycles. The lowest BCUT2D eigenvalue weighted by molar-refractivity contribution is -0.132. The van der Waals surface area contributed by atoms with Crippen molar-refractivity contribution < 1.29 is 9.59 Å². The Balaban J connectivity index is 1.35. The van der Waals surface area contributed by atoms with Crippen molar-refractivity contribution in [1.82, 2.24) is 14.8 Å². The molecule has 1 aliphatic carbocycles. The number of anilines is 1. The minimum Gasteiger partial charge on any atom is -0.361 e. The van der Waals surface area contributed by atoms with Crippen LogP contribution in [-0.4, -0.2) is 45.9 Å². The molecule has 3 aromatic carbocycles. The van der Waals surface area contributed by atoms with E-state index in [-0.39, 0.29) is 18.5 Å². The monoisotopic (exact) mass is 602 g/mol. The zero-order valence-corrected chi connectivity index (χ0v) is 23.9. The molecule has 1 fully saturated rings. The van der Waals surface area contributed by atoms with Gasteiger partial charge in [-0.2, -0.15) is 0 Å². The van der Waals surface area contributed by atoms with Gasteiger partial charge in [-0.05, 0) is 60.7 Å². The number of para-hydroxylation sites is 2. The molecule has 3 amide bonds. The van der Waals surface area contributed by atoms with Crippen molar-refractivity contribution in [3.63, 3.8) is 0 Å². The third-order valence-electron chi connectivity index (χ3n) is 6.78. The highest BCUT2D eigenvalue weighted by atomic mass is 35.5. The number of fused-ring (bicyclic) bond motifs is 1. The van der Waals surface area contributed by atoms with E-state index in [1.807, 2.05) is 30.5 Å². The summed E-state index contributed by atoms with van der Waals surface area (Å²) in [6.07, 6.45) is 4.28. The molecule has 1 aromatic heterocycles. The lowest BCUT2D eigenvalue weighted by Crippen LogP contribution is -2.46. The summed E-state index contributed by atoms with van der Waals surface area (Å²) in [6, 6.07) is 18.0. The van der Waals surface area contributed by atoms with Gasteiger partial charge in [-0.3, -0.25) is 4.79 Å². The summed E-state index contributed by atoms with van der Waals surface area (Å²) < 4.78 is 0. The maximum atomic E-state index is 13.7. The van der Waals surface area contributed by atoms with Crippen molar-refractivity contribution in [3.8, 4) is 0 Å². The number of amides is 3. The minimum absolute atomic E-state index is 0.0179. The fraction of sp³-hybridized carbons (Fsp3) is 0.241. The Bertz CT molecular complexity index is 1500. The smallest absolute Gasteiger partial charge is 0.322 e. The number of H-pyrrole nitrogens is 1. The first-order valence-corrected chi connectivity index (χ1v) is 14.1. The Kier molecular flexibility index (Phi) is 8.57. The molecular weight excluding hydrogens is 578 g/mol. The van der Waals surface area contributed by atoms with E-state index >= 15 is 0 Å². The molecule has 4 aromatic rings.